The minimum Gasteiger partial charge on any atom is -0.394 e. The van der Waals surface area contributed by atoms with Crippen molar-refractivity contribution in [1.29, 1.82) is 0 Å². The molecule has 12 unspecified atom stereocenters. The molecule has 12 atom stereocenters. The molecule has 0 aromatic carbocycles. The maximum Gasteiger partial charge on any atom is 0.220 e. The molecular formula is C75H123NO13. The van der Waals surface area contributed by atoms with Crippen LogP contribution in [-0.4, -0.2) is 140 Å². The first kappa shape index (κ1) is 81.0. The molecule has 9 N–H and O–H groups in total. The second-order valence-electron chi connectivity index (χ2n) is 23.5. The Labute approximate surface area is 538 Å². The van der Waals surface area contributed by atoms with Crippen LogP contribution < -0.4 is 5.32 Å². The first-order chi connectivity index (χ1) is 43.6. The molecule has 2 rings (SSSR count). The highest BCUT2D eigenvalue weighted by atomic mass is 16.7. The van der Waals surface area contributed by atoms with Crippen LogP contribution in [0.4, 0.5) is 0 Å². The summed E-state index contributed by atoms with van der Waals surface area (Å²) in [5.41, 5.74) is 0. The third kappa shape index (κ3) is 41.9. The molecular weight excluding hydrogens is 1120 g/mol. The number of allylic oxidation sites excluding steroid dienone is 23. The summed E-state index contributed by atoms with van der Waals surface area (Å²) < 4.78 is 22.8. The predicted octanol–water partition coefficient (Wildman–Crippen LogP) is 14.1. The van der Waals surface area contributed by atoms with Gasteiger partial charge in [-0.25, -0.2) is 0 Å². The summed E-state index contributed by atoms with van der Waals surface area (Å²) in [6, 6.07) is -0.961. The average molecular weight is 1250 g/mol. The molecule has 2 heterocycles. The zero-order valence-electron chi connectivity index (χ0n) is 54.9. The highest BCUT2D eigenvalue weighted by Gasteiger charge is 2.51. The number of amides is 1. The summed E-state index contributed by atoms with van der Waals surface area (Å²) >= 11 is 0. The van der Waals surface area contributed by atoms with E-state index in [9.17, 15) is 45.6 Å². The van der Waals surface area contributed by atoms with E-state index in [-0.39, 0.29) is 18.9 Å². The Morgan fingerprint density at radius 1 is 0.416 bits per heavy atom. The van der Waals surface area contributed by atoms with Gasteiger partial charge in [-0.1, -0.05) is 250 Å². The molecule has 2 aliphatic rings. The Bertz CT molecular complexity index is 2050. The van der Waals surface area contributed by atoms with E-state index in [2.05, 4.69) is 153 Å². The minimum atomic E-state index is -1.80. The zero-order valence-corrected chi connectivity index (χ0v) is 54.9. The molecule has 0 bridgehead atoms. The Morgan fingerprint density at radius 2 is 0.787 bits per heavy atom. The highest BCUT2D eigenvalue weighted by molar-refractivity contribution is 5.76. The van der Waals surface area contributed by atoms with Crippen LogP contribution in [-0.2, 0) is 23.7 Å². The fourth-order valence-electron chi connectivity index (χ4n) is 10.3. The molecule has 0 aromatic heterocycles. The number of aliphatic hydroxyl groups excluding tert-OH is 8. The third-order valence-corrected chi connectivity index (χ3v) is 15.7. The molecule has 14 heteroatoms. The summed E-state index contributed by atoms with van der Waals surface area (Å²) in [5.74, 6) is -0.278. The number of hydrogen-bond donors (Lipinski definition) is 9. The molecule has 89 heavy (non-hydrogen) atoms. The van der Waals surface area contributed by atoms with Gasteiger partial charge in [0.05, 0.1) is 32.0 Å². The fourth-order valence-corrected chi connectivity index (χ4v) is 10.3. The number of aliphatic hydroxyl groups is 8. The lowest BCUT2D eigenvalue weighted by molar-refractivity contribution is -0.359. The Balaban J connectivity index is 1.73. The van der Waals surface area contributed by atoms with Crippen molar-refractivity contribution in [3.63, 3.8) is 0 Å². The van der Waals surface area contributed by atoms with Crippen LogP contribution in [0.3, 0.4) is 0 Å². The monoisotopic (exact) mass is 1250 g/mol. The van der Waals surface area contributed by atoms with Crippen molar-refractivity contribution in [2.75, 3.05) is 19.8 Å². The van der Waals surface area contributed by atoms with Crippen LogP contribution in [0.25, 0.3) is 0 Å². The summed E-state index contributed by atoms with van der Waals surface area (Å²) in [7, 11) is 0. The Hall–Kier alpha value is -4.13. The molecule has 1 amide bonds. The molecule has 14 nitrogen and oxygen atoms in total. The van der Waals surface area contributed by atoms with Crippen molar-refractivity contribution in [2.24, 2.45) is 0 Å². The van der Waals surface area contributed by atoms with E-state index in [1.807, 2.05) is 6.08 Å². The third-order valence-electron chi connectivity index (χ3n) is 15.7. The van der Waals surface area contributed by atoms with Crippen molar-refractivity contribution in [3.8, 4) is 0 Å². The standard InChI is InChI=1S/C75H123NO13/c1-3-5-7-9-11-13-15-17-19-21-23-25-27-28-29-30-31-32-33-34-35-36-37-39-41-43-45-47-49-51-53-55-57-59-67(80)76-63(62-86-74-72(85)70(83)73(66(61-78)88-74)89-75-71(84)69(82)68(81)65(60-77)87-75)64(79)58-56-54-52-50-48-46-44-42-40-38-26-24-22-20-18-16-14-12-10-8-6-4-2/h5,7,11,13,17,19,23,25,28-29,31-32,34-35,37,39-40,42-43,45,48,50,56,58,63-66,68-75,77-79,81-85H,3-4,6,8-10,12,14-16,18,20-22,24,26-27,30,33,36,38,41,44,46-47,49,51-55,57,59-62H2,1-2H3,(H,76,80)/b7-5-,13-11-,19-17-,25-23-,29-28-,32-31-,35-34-,39-37-,42-40+,45-43-,50-48+,58-56+. The second-order valence-corrected chi connectivity index (χ2v) is 23.5. The molecule has 0 aliphatic carbocycles. The van der Waals surface area contributed by atoms with Gasteiger partial charge < -0.3 is 65.1 Å². The highest BCUT2D eigenvalue weighted by Crippen LogP contribution is 2.30. The van der Waals surface area contributed by atoms with Crippen LogP contribution in [0.1, 0.15) is 226 Å². The number of unbranched alkanes of at least 4 members (excludes halogenated alkanes) is 19. The average Bonchev–Trinajstić information content (AvgIpc) is 2.75. The van der Waals surface area contributed by atoms with Gasteiger partial charge in [0.15, 0.2) is 12.6 Å². The van der Waals surface area contributed by atoms with Gasteiger partial charge in [-0.15, -0.1) is 0 Å². The predicted molar refractivity (Wildman–Crippen MR) is 364 cm³/mol. The zero-order chi connectivity index (χ0) is 64.5. The van der Waals surface area contributed by atoms with E-state index < -0.39 is 86.8 Å². The van der Waals surface area contributed by atoms with E-state index in [1.165, 1.54) is 77.0 Å². The minimum absolute atomic E-state index is 0.237. The number of rotatable bonds is 54. The van der Waals surface area contributed by atoms with E-state index in [4.69, 9.17) is 18.9 Å². The number of nitrogens with one attached hydrogen (secondary N) is 1. The van der Waals surface area contributed by atoms with Crippen LogP contribution in [0.5, 0.6) is 0 Å². The van der Waals surface area contributed by atoms with Gasteiger partial charge in [-0.3, -0.25) is 4.79 Å². The maximum atomic E-state index is 13.3. The van der Waals surface area contributed by atoms with Gasteiger partial charge >= 0.3 is 0 Å². The van der Waals surface area contributed by atoms with Crippen molar-refractivity contribution in [1.82, 2.24) is 5.32 Å². The van der Waals surface area contributed by atoms with E-state index in [1.54, 1.807) is 6.08 Å². The van der Waals surface area contributed by atoms with Gasteiger partial charge in [-0.2, -0.15) is 0 Å². The number of carbonyl (C=O) groups excluding carboxylic acids is 1. The van der Waals surface area contributed by atoms with Gasteiger partial charge in [-0.05, 0) is 116 Å². The van der Waals surface area contributed by atoms with Gasteiger partial charge in [0.1, 0.15) is 48.8 Å². The van der Waals surface area contributed by atoms with Crippen LogP contribution >= 0.6 is 0 Å². The Morgan fingerprint density at radius 3 is 1.24 bits per heavy atom. The second kappa shape index (κ2) is 57.7. The van der Waals surface area contributed by atoms with Gasteiger partial charge in [0, 0.05) is 6.42 Å². The van der Waals surface area contributed by atoms with E-state index in [0.717, 1.165) is 116 Å². The number of carbonyl (C=O) groups is 1. The Kier molecular flexibility index (Phi) is 52.5. The normalized spacial score (nSPS) is 24.0. The smallest absolute Gasteiger partial charge is 0.220 e. The molecule has 0 saturated carbocycles. The summed E-state index contributed by atoms with van der Waals surface area (Å²) in [5, 5.41) is 87.3. The molecule has 0 spiro atoms. The van der Waals surface area contributed by atoms with Crippen LogP contribution in [0, 0.1) is 0 Å². The van der Waals surface area contributed by atoms with Crippen molar-refractivity contribution >= 4 is 5.91 Å². The van der Waals surface area contributed by atoms with Crippen molar-refractivity contribution in [2.45, 2.75) is 299 Å². The van der Waals surface area contributed by atoms with Crippen molar-refractivity contribution < 1.29 is 64.6 Å². The first-order valence-corrected chi connectivity index (χ1v) is 34.6. The fraction of sp³-hybridized carbons (Fsp3) is 0.667. The molecule has 506 valence electrons. The summed E-state index contributed by atoms with van der Waals surface area (Å²) in [6.45, 7) is 2.64. The largest absolute Gasteiger partial charge is 0.394 e. The lowest BCUT2D eigenvalue weighted by Crippen LogP contribution is -2.65. The van der Waals surface area contributed by atoms with Gasteiger partial charge in [0.2, 0.25) is 5.91 Å². The van der Waals surface area contributed by atoms with Crippen LogP contribution in [0.2, 0.25) is 0 Å². The number of ether oxygens (including phenoxy) is 4. The molecule has 0 radical (unpaired) electrons. The topological polar surface area (TPSA) is 228 Å². The maximum absolute atomic E-state index is 13.3. The van der Waals surface area contributed by atoms with E-state index in [0.29, 0.717) is 12.8 Å². The van der Waals surface area contributed by atoms with Crippen LogP contribution in [0.15, 0.2) is 146 Å². The molecule has 2 aliphatic heterocycles. The lowest BCUT2D eigenvalue weighted by atomic mass is 9.97. The number of hydrogen-bond acceptors (Lipinski definition) is 13. The van der Waals surface area contributed by atoms with Gasteiger partial charge in [0.25, 0.3) is 0 Å². The van der Waals surface area contributed by atoms with Crippen molar-refractivity contribution in [3.05, 3.63) is 146 Å². The molecule has 2 saturated heterocycles. The van der Waals surface area contributed by atoms with E-state index >= 15 is 0 Å². The summed E-state index contributed by atoms with van der Waals surface area (Å²) in [4.78, 5) is 13.3. The first-order valence-electron chi connectivity index (χ1n) is 34.6. The quantitative estimate of drug-likeness (QED) is 0.0204. The summed E-state index contributed by atoms with van der Waals surface area (Å²) in [6.07, 6.45) is 70.3. The lowest BCUT2D eigenvalue weighted by Gasteiger charge is -2.46. The molecule has 2 fully saturated rings. The molecule has 0 aromatic rings. The SMILES string of the molecule is CC/C=C\C/C=C\C/C=C\C/C=C\C/C=C\C/C=C\C/C=C\C/C=C\C/C=C\CCCCCCCC(=O)NC(COC1OC(CO)C(OC2OC(CO)C(O)C(O)C2O)C(O)C1O)C(O)/C=C/CC/C=C/CC/C=C/CCCCCCCCCCCCCC.